The van der Waals surface area contributed by atoms with E-state index in [1.54, 1.807) is 81.4 Å². The Bertz CT molecular complexity index is 1980. The van der Waals surface area contributed by atoms with E-state index in [1.807, 2.05) is 0 Å². The number of alkyl carbamates (subject to hydrolysis) is 1. The average molecular weight is 664 g/mol. The van der Waals surface area contributed by atoms with Gasteiger partial charge in [0.05, 0.1) is 27.3 Å². The van der Waals surface area contributed by atoms with Crippen LogP contribution in [0.2, 0.25) is 0 Å². The average Bonchev–Trinajstić information content (AvgIpc) is 3.39. The molecule has 13 heteroatoms. The first kappa shape index (κ1) is 33.9. The number of benzene rings is 4. The molecule has 1 heterocycles. The number of carboxylic acids is 1. The summed E-state index contributed by atoms with van der Waals surface area (Å²) in [6.45, 7) is 5.64. The number of aromatic carboxylic acids is 1. The van der Waals surface area contributed by atoms with Gasteiger partial charge in [-0.25, -0.2) is 9.59 Å². The monoisotopic (exact) mass is 663 g/mol. The van der Waals surface area contributed by atoms with Gasteiger partial charge >= 0.3 is 12.1 Å². The minimum absolute atomic E-state index is 0.0366. The smallest absolute Gasteiger partial charge is 0.407 e. The third-order valence-corrected chi connectivity index (χ3v) is 7.37. The van der Waals surface area contributed by atoms with E-state index in [-0.39, 0.29) is 35.5 Å². The van der Waals surface area contributed by atoms with E-state index in [2.05, 4.69) is 21.3 Å². The molecule has 250 valence electrons. The lowest BCUT2D eigenvalue weighted by Crippen LogP contribution is -2.32. The molecule has 0 aliphatic carbocycles. The summed E-state index contributed by atoms with van der Waals surface area (Å²) in [5.74, 6) is -2.21. The number of carbonyl (C=O) groups excluding carboxylic acids is 3. The second-order valence-electron chi connectivity index (χ2n) is 12.1. The minimum atomic E-state index is -1.21. The van der Waals surface area contributed by atoms with Crippen molar-refractivity contribution in [2.75, 3.05) is 10.6 Å². The molecule has 0 saturated heterocycles. The maximum Gasteiger partial charge on any atom is 0.407 e. The van der Waals surface area contributed by atoms with E-state index in [0.717, 1.165) is 5.56 Å². The van der Waals surface area contributed by atoms with E-state index in [0.29, 0.717) is 33.8 Å². The van der Waals surface area contributed by atoms with Gasteiger partial charge in [-0.1, -0.05) is 48.5 Å². The number of fused-ring (bicyclic) bond motifs is 1. The highest BCUT2D eigenvalue weighted by Crippen LogP contribution is 2.39. The maximum absolute atomic E-state index is 13.4. The van der Waals surface area contributed by atoms with Crippen molar-refractivity contribution in [3.05, 3.63) is 134 Å². The van der Waals surface area contributed by atoms with Crippen LogP contribution in [0.3, 0.4) is 0 Å². The molecule has 0 unspecified atom stereocenters. The van der Waals surface area contributed by atoms with Crippen LogP contribution in [0.15, 0.2) is 91.0 Å². The van der Waals surface area contributed by atoms with E-state index in [4.69, 9.17) is 4.74 Å². The molecule has 5 N–H and O–H groups in total. The first-order valence-electron chi connectivity index (χ1n) is 15.2. The maximum atomic E-state index is 13.4. The number of hydrogen-bond acceptors (Lipinski definition) is 8. The molecule has 0 saturated carbocycles. The van der Waals surface area contributed by atoms with Crippen molar-refractivity contribution in [3.8, 4) is 0 Å². The van der Waals surface area contributed by atoms with Crippen LogP contribution in [0, 0.1) is 10.1 Å². The Labute approximate surface area is 281 Å². The second kappa shape index (κ2) is 14.1. The molecular weight excluding hydrogens is 630 g/mol. The molecule has 3 amide bonds. The van der Waals surface area contributed by atoms with Gasteiger partial charge in [0.1, 0.15) is 5.60 Å². The van der Waals surface area contributed by atoms with Crippen LogP contribution in [0.4, 0.5) is 21.9 Å². The number of nitrogens with one attached hydrogen (secondary N) is 4. The van der Waals surface area contributed by atoms with E-state index in [9.17, 15) is 34.4 Å². The zero-order valence-corrected chi connectivity index (χ0v) is 26.8. The molecule has 0 aromatic heterocycles. The third kappa shape index (κ3) is 8.27. The number of nitro benzene ring substituents is 1. The summed E-state index contributed by atoms with van der Waals surface area (Å²) in [6.07, 6.45) is -0.546. The molecule has 0 radical (unpaired) electrons. The van der Waals surface area contributed by atoms with Gasteiger partial charge in [-0.15, -0.1) is 0 Å². The lowest BCUT2D eigenvalue weighted by Gasteiger charge is -2.19. The van der Waals surface area contributed by atoms with Crippen molar-refractivity contribution < 1.29 is 33.9 Å². The van der Waals surface area contributed by atoms with E-state index >= 15 is 0 Å². The molecular formula is C36H33N5O8. The van der Waals surface area contributed by atoms with Crippen LogP contribution in [-0.2, 0) is 22.6 Å². The Kier molecular flexibility index (Phi) is 9.74. The van der Waals surface area contributed by atoms with Crippen LogP contribution >= 0.6 is 0 Å². The molecule has 0 atom stereocenters. The molecule has 1 aliphatic heterocycles. The van der Waals surface area contributed by atoms with Crippen LogP contribution in [-0.4, -0.2) is 39.5 Å². The van der Waals surface area contributed by atoms with Crippen LogP contribution in [0.25, 0.3) is 11.3 Å². The summed E-state index contributed by atoms with van der Waals surface area (Å²) >= 11 is 0. The van der Waals surface area contributed by atoms with Crippen molar-refractivity contribution >= 4 is 52.2 Å². The number of non-ortho nitro benzene ring substituents is 1. The largest absolute Gasteiger partial charge is 0.478 e. The van der Waals surface area contributed by atoms with E-state index in [1.165, 1.54) is 30.3 Å². The summed E-state index contributed by atoms with van der Waals surface area (Å²) in [6, 6.07) is 24.2. The first-order valence-corrected chi connectivity index (χ1v) is 15.2. The van der Waals surface area contributed by atoms with Crippen molar-refractivity contribution in [2.45, 2.75) is 39.5 Å². The number of nitrogens with zero attached hydrogens (tertiary/aromatic N) is 1. The fourth-order valence-electron chi connectivity index (χ4n) is 5.07. The summed E-state index contributed by atoms with van der Waals surface area (Å²) < 4.78 is 5.28. The van der Waals surface area contributed by atoms with Gasteiger partial charge in [0, 0.05) is 42.2 Å². The Balaban J connectivity index is 1.42. The molecule has 4 aromatic rings. The Morgan fingerprint density at radius 3 is 2.08 bits per heavy atom. The Morgan fingerprint density at radius 1 is 0.857 bits per heavy atom. The molecule has 49 heavy (non-hydrogen) atoms. The normalized spacial score (nSPS) is 13.1. The number of carboxylic acid groups (broad SMARTS) is 1. The van der Waals surface area contributed by atoms with Gasteiger partial charge in [-0.05, 0) is 67.8 Å². The predicted octanol–water partition coefficient (Wildman–Crippen LogP) is 6.18. The van der Waals surface area contributed by atoms with Gasteiger partial charge in [-0.3, -0.25) is 19.7 Å². The highest BCUT2D eigenvalue weighted by molar-refractivity contribution is 6.37. The van der Waals surface area contributed by atoms with Gasteiger partial charge in [0.2, 0.25) is 0 Å². The van der Waals surface area contributed by atoms with Gasteiger partial charge < -0.3 is 31.1 Å². The van der Waals surface area contributed by atoms with Gasteiger partial charge in [0.15, 0.2) is 0 Å². The Hall–Kier alpha value is -6.50. The molecule has 0 fully saturated rings. The number of anilines is 2. The highest BCUT2D eigenvalue weighted by Gasteiger charge is 2.30. The summed E-state index contributed by atoms with van der Waals surface area (Å²) in [5.41, 5.74) is 3.14. The topological polar surface area (TPSA) is 189 Å². The number of amides is 3. The minimum Gasteiger partial charge on any atom is -0.478 e. The van der Waals surface area contributed by atoms with Gasteiger partial charge in [0.25, 0.3) is 17.5 Å². The van der Waals surface area contributed by atoms with Crippen LogP contribution in [0.5, 0.6) is 0 Å². The Morgan fingerprint density at radius 2 is 1.47 bits per heavy atom. The molecule has 4 aromatic carbocycles. The molecule has 0 bridgehead atoms. The molecule has 1 aliphatic rings. The van der Waals surface area contributed by atoms with Crippen LogP contribution < -0.4 is 21.3 Å². The summed E-state index contributed by atoms with van der Waals surface area (Å²) in [7, 11) is 0. The summed E-state index contributed by atoms with van der Waals surface area (Å²) in [5, 5.41) is 32.5. The second-order valence-corrected chi connectivity index (χ2v) is 12.1. The van der Waals surface area contributed by atoms with E-state index < -0.39 is 34.4 Å². The number of nitro groups is 1. The quantitative estimate of drug-likeness (QED) is 0.0749. The van der Waals surface area contributed by atoms with Crippen LogP contribution in [0.1, 0.15) is 63.7 Å². The van der Waals surface area contributed by atoms with Crippen molar-refractivity contribution in [2.24, 2.45) is 0 Å². The number of carbonyl (C=O) groups is 4. The fourth-order valence-corrected chi connectivity index (χ4v) is 5.07. The lowest BCUT2D eigenvalue weighted by molar-refractivity contribution is -0.384. The van der Waals surface area contributed by atoms with Crippen molar-refractivity contribution in [3.63, 3.8) is 0 Å². The van der Waals surface area contributed by atoms with Crippen molar-refractivity contribution in [1.29, 1.82) is 0 Å². The molecule has 5 rings (SSSR count). The highest BCUT2D eigenvalue weighted by atomic mass is 16.6. The van der Waals surface area contributed by atoms with Gasteiger partial charge in [-0.2, -0.15) is 0 Å². The zero-order chi connectivity index (χ0) is 35.3. The molecule has 0 spiro atoms. The zero-order valence-electron chi connectivity index (χ0n) is 26.8. The fraction of sp³-hybridized carbons (Fsp3) is 0.167. The predicted molar refractivity (Wildman–Crippen MR) is 183 cm³/mol. The SMILES string of the molecule is CC(C)(C)OC(=O)NCc1ccc(N/C(=C2\C(=O)Nc3ccc([N+](=O)[O-])cc32)c2ccc(CNC(=O)c3ccccc3C(=O)O)cc2)cc1. The number of hydrogen-bond donors (Lipinski definition) is 5. The van der Waals surface area contributed by atoms with Crippen molar-refractivity contribution in [1.82, 2.24) is 10.6 Å². The summed E-state index contributed by atoms with van der Waals surface area (Å²) in [4.78, 5) is 60.8. The number of rotatable bonds is 10. The first-order chi connectivity index (χ1) is 23.3. The standard InChI is InChI=1S/C36H33N5O8/c1-36(2,3)49-35(46)38-20-22-10-14-24(15-11-22)39-31(30-28-18-25(41(47)48)16-17-29(28)40-33(30)43)23-12-8-21(9-13-23)19-37-32(42)26-6-4-5-7-27(26)34(44)45/h4-18,39H,19-20H2,1-3H3,(H,37,42)(H,38,46)(H,40,43)(H,44,45)/b31-30-. The molecule has 13 nitrogen and oxygen atoms in total. The lowest BCUT2D eigenvalue weighted by atomic mass is 9.98. The third-order valence-electron chi connectivity index (χ3n) is 7.37. The number of ether oxygens (including phenoxy) is 1.